The van der Waals surface area contributed by atoms with E-state index in [1.54, 1.807) is 18.2 Å². The Morgan fingerprint density at radius 1 is 1.11 bits per heavy atom. The van der Waals surface area contributed by atoms with Crippen LogP contribution in [0.5, 0.6) is 0 Å². The van der Waals surface area contributed by atoms with Crippen molar-refractivity contribution >= 4 is 50.4 Å². The van der Waals surface area contributed by atoms with E-state index in [0.717, 1.165) is 18.2 Å². The van der Waals surface area contributed by atoms with E-state index < -0.39 is 10.1 Å². The Morgan fingerprint density at radius 2 is 1.79 bits per heavy atom. The van der Waals surface area contributed by atoms with Gasteiger partial charge in [0.1, 0.15) is 4.90 Å². The monoisotopic (exact) mass is 288 g/mol. The molecule has 0 fully saturated rings. The van der Waals surface area contributed by atoms with E-state index in [2.05, 4.69) is 0 Å². The van der Waals surface area contributed by atoms with Crippen LogP contribution in [0.25, 0.3) is 10.8 Å². The summed E-state index contributed by atoms with van der Waals surface area (Å²) in [5, 5.41) is 1.42. The third kappa shape index (κ3) is 3.80. The Balaban J connectivity index is 0.00000180. The predicted molar refractivity (Wildman–Crippen MR) is 79.5 cm³/mol. The second kappa shape index (κ2) is 6.86. The summed E-state index contributed by atoms with van der Waals surface area (Å²) < 4.78 is 32.6. The Bertz CT molecular complexity index is 665. The van der Waals surface area contributed by atoms with E-state index in [4.69, 9.17) is 0 Å². The fourth-order valence-electron chi connectivity index (χ4n) is 2.16. The summed E-state index contributed by atoms with van der Waals surface area (Å²) in [6.45, 7) is 2.05. The van der Waals surface area contributed by atoms with Crippen molar-refractivity contribution in [3.63, 3.8) is 0 Å². The van der Waals surface area contributed by atoms with E-state index in [1.807, 2.05) is 25.1 Å². The summed E-state index contributed by atoms with van der Waals surface area (Å²) in [7, 11) is -4.19. The molecule has 19 heavy (non-hydrogen) atoms. The van der Waals surface area contributed by atoms with Crippen molar-refractivity contribution in [3.8, 4) is 0 Å². The second-order valence-electron chi connectivity index (χ2n) is 4.35. The molecule has 0 saturated heterocycles. The molecule has 2 aromatic rings. The van der Waals surface area contributed by atoms with Crippen molar-refractivity contribution in [3.05, 3.63) is 42.0 Å². The number of hydrogen-bond donors (Lipinski definition) is 1. The van der Waals surface area contributed by atoms with Crippen molar-refractivity contribution in [2.45, 2.75) is 31.1 Å². The normalized spacial score (nSPS) is 11.3. The molecule has 0 heterocycles. The summed E-state index contributed by atoms with van der Waals surface area (Å²) in [6.07, 6.45) is 2.55. The Kier molecular flexibility index (Phi) is 6.02. The molecule has 0 saturated carbocycles. The zero-order chi connectivity index (χ0) is 13.2. The van der Waals surface area contributed by atoms with Crippen molar-refractivity contribution in [2.24, 2.45) is 0 Å². The van der Waals surface area contributed by atoms with Crippen LogP contribution >= 0.6 is 0 Å². The summed E-state index contributed by atoms with van der Waals surface area (Å²) in [6, 6.07) is 10.9. The zero-order valence-electron chi connectivity index (χ0n) is 10.3. The zero-order valence-corrected chi connectivity index (χ0v) is 11.1. The van der Waals surface area contributed by atoms with Crippen LogP contribution in [-0.2, 0) is 16.5 Å². The molecule has 98 valence electrons. The van der Waals surface area contributed by atoms with Gasteiger partial charge in [0, 0.05) is 5.39 Å². The molecule has 5 heteroatoms. The van der Waals surface area contributed by atoms with Gasteiger partial charge in [0.15, 0.2) is 0 Å². The molecule has 0 unspecified atom stereocenters. The van der Waals surface area contributed by atoms with Crippen LogP contribution in [0.3, 0.4) is 0 Å². The van der Waals surface area contributed by atoms with Crippen molar-refractivity contribution in [1.29, 1.82) is 0 Å². The first-order valence-electron chi connectivity index (χ1n) is 6.02. The SMILES string of the molecule is CCCCc1ccc2ccccc2c1S(=O)(=O)O.[NaH]. The number of hydrogen-bond acceptors (Lipinski definition) is 2. The van der Waals surface area contributed by atoms with Gasteiger partial charge in [-0.1, -0.05) is 49.7 Å². The van der Waals surface area contributed by atoms with Gasteiger partial charge < -0.3 is 0 Å². The van der Waals surface area contributed by atoms with E-state index in [-0.39, 0.29) is 34.5 Å². The van der Waals surface area contributed by atoms with Crippen molar-refractivity contribution < 1.29 is 13.0 Å². The Morgan fingerprint density at radius 3 is 2.42 bits per heavy atom. The van der Waals surface area contributed by atoms with Crippen LogP contribution in [0.4, 0.5) is 0 Å². The van der Waals surface area contributed by atoms with Gasteiger partial charge in [0.25, 0.3) is 10.1 Å². The van der Waals surface area contributed by atoms with Crippen LogP contribution in [0, 0.1) is 0 Å². The molecule has 2 rings (SSSR count). The number of aryl methyl sites for hydroxylation is 1. The maximum atomic E-state index is 11.6. The van der Waals surface area contributed by atoms with Crippen molar-refractivity contribution in [2.75, 3.05) is 0 Å². The van der Waals surface area contributed by atoms with Crippen LogP contribution in [0.15, 0.2) is 41.3 Å². The summed E-state index contributed by atoms with van der Waals surface area (Å²) in [4.78, 5) is 0.0639. The van der Waals surface area contributed by atoms with E-state index in [1.165, 1.54) is 0 Å². The molecule has 0 radical (unpaired) electrons. The number of benzene rings is 2. The van der Waals surface area contributed by atoms with Crippen LogP contribution in [-0.4, -0.2) is 42.5 Å². The standard InChI is InChI=1S/C14H16O3S.Na.H/c1-2-3-6-12-10-9-11-7-4-5-8-13(11)14(12)18(15,16)17;;/h4-5,7-10H,2-3,6H2,1H3,(H,15,16,17);;. The molecule has 0 aliphatic rings. The molecule has 0 bridgehead atoms. The summed E-state index contributed by atoms with van der Waals surface area (Å²) in [5.41, 5.74) is 0.693. The van der Waals surface area contributed by atoms with Crippen molar-refractivity contribution in [1.82, 2.24) is 0 Å². The summed E-state index contributed by atoms with van der Waals surface area (Å²) >= 11 is 0. The van der Waals surface area contributed by atoms with E-state index >= 15 is 0 Å². The topological polar surface area (TPSA) is 54.4 Å². The minimum atomic E-state index is -4.19. The van der Waals surface area contributed by atoms with E-state index in [9.17, 15) is 13.0 Å². The molecule has 0 aromatic heterocycles. The molecule has 0 amide bonds. The molecule has 0 spiro atoms. The van der Waals surface area contributed by atoms with Crippen LogP contribution < -0.4 is 0 Å². The third-order valence-electron chi connectivity index (χ3n) is 3.02. The third-order valence-corrected chi connectivity index (χ3v) is 4.02. The van der Waals surface area contributed by atoms with Gasteiger partial charge in [-0.2, -0.15) is 8.42 Å². The summed E-state index contributed by atoms with van der Waals surface area (Å²) in [5.74, 6) is 0. The molecule has 0 atom stereocenters. The first-order chi connectivity index (χ1) is 8.54. The quantitative estimate of drug-likeness (QED) is 0.695. The number of fused-ring (bicyclic) bond motifs is 1. The first-order valence-corrected chi connectivity index (χ1v) is 7.46. The van der Waals surface area contributed by atoms with Gasteiger partial charge in [-0.05, 0) is 23.8 Å². The van der Waals surface area contributed by atoms with Crippen LogP contribution in [0.1, 0.15) is 25.3 Å². The predicted octanol–water partition coefficient (Wildman–Crippen LogP) is 2.78. The van der Waals surface area contributed by atoms with Gasteiger partial charge >= 0.3 is 29.6 Å². The maximum absolute atomic E-state index is 11.6. The van der Waals surface area contributed by atoms with Gasteiger partial charge in [-0.25, -0.2) is 0 Å². The number of unbranched alkanes of at least 4 members (excludes halogenated alkanes) is 1. The molecule has 3 nitrogen and oxygen atoms in total. The van der Waals surface area contributed by atoms with Gasteiger partial charge in [-0.15, -0.1) is 0 Å². The Labute approximate surface area is 136 Å². The van der Waals surface area contributed by atoms with Crippen LogP contribution in [0.2, 0.25) is 0 Å². The molecular weight excluding hydrogens is 271 g/mol. The molecule has 0 aliphatic carbocycles. The average molecular weight is 288 g/mol. The second-order valence-corrected chi connectivity index (χ2v) is 5.71. The van der Waals surface area contributed by atoms with E-state index in [0.29, 0.717) is 17.4 Å². The van der Waals surface area contributed by atoms with Gasteiger partial charge in [-0.3, -0.25) is 4.55 Å². The molecular formula is C14H17NaO3S. The fourth-order valence-corrected chi connectivity index (χ4v) is 3.12. The first kappa shape index (κ1) is 16.7. The fraction of sp³-hybridized carbons (Fsp3) is 0.286. The van der Waals surface area contributed by atoms with Gasteiger partial charge in [0.2, 0.25) is 0 Å². The molecule has 1 N–H and O–H groups in total. The molecule has 2 aromatic carbocycles. The van der Waals surface area contributed by atoms with Gasteiger partial charge in [0.05, 0.1) is 0 Å². The Hall–Kier alpha value is -0.390. The minimum absolute atomic E-state index is 0. The average Bonchev–Trinajstić information content (AvgIpc) is 2.34. The molecule has 0 aliphatic heterocycles. The number of rotatable bonds is 4.